The predicted molar refractivity (Wildman–Crippen MR) is 95.6 cm³/mol. The van der Waals surface area contributed by atoms with Crippen LogP contribution in [0.25, 0.3) is 0 Å². The summed E-state index contributed by atoms with van der Waals surface area (Å²) in [5.41, 5.74) is 2.10. The number of nitrogens with one attached hydrogen (secondary N) is 1. The van der Waals surface area contributed by atoms with E-state index in [4.69, 9.17) is 4.74 Å². The first-order valence-corrected chi connectivity index (χ1v) is 10.4. The number of likely N-dealkylation sites (N-methyl/N-ethyl adjacent to an activating group) is 1. The molecular weight excluding hydrogens is 360 g/mol. The smallest absolute Gasteiger partial charge is 0.355 e. The summed E-state index contributed by atoms with van der Waals surface area (Å²) in [5, 5.41) is 9.78. The van der Waals surface area contributed by atoms with Crippen molar-refractivity contribution >= 4 is 21.7 Å². The van der Waals surface area contributed by atoms with E-state index in [-0.39, 0.29) is 23.2 Å². The lowest BCUT2D eigenvalue weighted by atomic mass is 10.1. The Morgan fingerprint density at radius 2 is 2.04 bits per heavy atom. The molecule has 0 saturated carbocycles. The number of H-pyrrole nitrogens is 1. The molecule has 9 heteroatoms. The normalized spacial score (nSPS) is 20.0. The Labute approximate surface area is 153 Å². The van der Waals surface area contributed by atoms with Gasteiger partial charge in [0.15, 0.2) is 16.4 Å². The molecule has 0 bridgehead atoms. The molecule has 1 saturated heterocycles. The van der Waals surface area contributed by atoms with Crippen molar-refractivity contribution in [1.82, 2.24) is 9.88 Å². The lowest BCUT2D eigenvalue weighted by Gasteiger charge is -2.26. The van der Waals surface area contributed by atoms with Crippen LogP contribution in [0.4, 0.5) is 0 Å². The highest BCUT2D eigenvalue weighted by Gasteiger charge is 2.34. The lowest BCUT2D eigenvalue weighted by molar-refractivity contribution is -0.136. The molecule has 1 fully saturated rings. The molecule has 0 aromatic carbocycles. The second kappa shape index (κ2) is 7.79. The Kier molecular flexibility index (Phi) is 6.13. The molecule has 26 heavy (non-hydrogen) atoms. The number of aliphatic hydroxyl groups excluding tert-OH is 1. The molecular formula is C17H26N2O6S. The zero-order valence-electron chi connectivity index (χ0n) is 15.5. The Bertz CT molecular complexity index is 796. The fraction of sp³-hybridized carbons (Fsp3) is 0.647. The molecule has 1 aromatic rings. The minimum atomic E-state index is -3.10. The number of aromatic amines is 1. The topological polar surface area (TPSA) is 117 Å². The fourth-order valence-corrected chi connectivity index (χ4v) is 5.27. The molecule has 0 radical (unpaired) electrons. The first-order chi connectivity index (χ1) is 12.1. The van der Waals surface area contributed by atoms with Crippen LogP contribution < -0.4 is 0 Å². The molecule has 0 aliphatic carbocycles. The van der Waals surface area contributed by atoms with E-state index >= 15 is 0 Å². The largest absolute Gasteiger partial charge is 0.451 e. The van der Waals surface area contributed by atoms with Gasteiger partial charge in [0.2, 0.25) is 0 Å². The molecule has 2 heterocycles. The summed E-state index contributed by atoms with van der Waals surface area (Å²) < 4.78 is 28.3. The van der Waals surface area contributed by atoms with Gasteiger partial charge in [-0.1, -0.05) is 0 Å². The van der Waals surface area contributed by atoms with E-state index in [0.717, 1.165) is 0 Å². The van der Waals surface area contributed by atoms with Gasteiger partial charge in [0.05, 0.1) is 17.6 Å². The van der Waals surface area contributed by atoms with Gasteiger partial charge in [-0.2, -0.15) is 0 Å². The third-order valence-electron chi connectivity index (χ3n) is 4.75. The number of carbonyl (C=O) groups is 2. The monoisotopic (exact) mass is 386 g/mol. The highest BCUT2D eigenvalue weighted by molar-refractivity contribution is 7.91. The minimum Gasteiger partial charge on any atom is -0.451 e. The van der Waals surface area contributed by atoms with Gasteiger partial charge < -0.3 is 19.7 Å². The second-order valence-electron chi connectivity index (χ2n) is 6.65. The quantitative estimate of drug-likeness (QED) is 0.701. The minimum absolute atomic E-state index is 0.0484. The van der Waals surface area contributed by atoms with Gasteiger partial charge >= 0.3 is 5.97 Å². The van der Waals surface area contributed by atoms with Crippen LogP contribution >= 0.6 is 0 Å². The Morgan fingerprint density at radius 1 is 1.38 bits per heavy atom. The van der Waals surface area contributed by atoms with Gasteiger partial charge in [-0.15, -0.1) is 0 Å². The maximum atomic E-state index is 12.4. The first-order valence-electron chi connectivity index (χ1n) is 8.61. The van der Waals surface area contributed by atoms with Gasteiger partial charge in [-0.05, 0) is 39.7 Å². The SMILES string of the molecule is CCN(C(=O)COC(=O)c1[nH]c(C)c([C@H](C)O)c1C)[C@H]1CCS(=O)(=O)C1. The number of amides is 1. The van der Waals surface area contributed by atoms with E-state index < -0.39 is 34.4 Å². The van der Waals surface area contributed by atoms with Crippen LogP contribution in [0.1, 0.15) is 53.7 Å². The van der Waals surface area contributed by atoms with Crippen LogP contribution in [0.5, 0.6) is 0 Å². The van der Waals surface area contributed by atoms with Crippen molar-refractivity contribution in [1.29, 1.82) is 0 Å². The summed E-state index contributed by atoms with van der Waals surface area (Å²) in [5.74, 6) is -1.07. The lowest BCUT2D eigenvalue weighted by Crippen LogP contribution is -2.43. The van der Waals surface area contributed by atoms with Crippen LogP contribution in [0.3, 0.4) is 0 Å². The summed E-state index contributed by atoms with van der Waals surface area (Å²) in [4.78, 5) is 29.0. The van der Waals surface area contributed by atoms with Crippen molar-refractivity contribution in [2.75, 3.05) is 24.7 Å². The van der Waals surface area contributed by atoms with E-state index in [2.05, 4.69) is 4.98 Å². The fourth-order valence-electron chi connectivity index (χ4n) is 3.54. The molecule has 1 amide bonds. The average Bonchev–Trinajstić information content (AvgIpc) is 3.04. The van der Waals surface area contributed by atoms with Crippen LogP contribution in [0, 0.1) is 13.8 Å². The molecule has 8 nitrogen and oxygen atoms in total. The highest BCUT2D eigenvalue weighted by atomic mass is 32.2. The zero-order valence-corrected chi connectivity index (χ0v) is 16.4. The number of nitrogens with zero attached hydrogens (tertiary/aromatic N) is 1. The third kappa shape index (κ3) is 4.27. The molecule has 1 aliphatic heterocycles. The van der Waals surface area contributed by atoms with Gasteiger partial charge in [0.1, 0.15) is 5.69 Å². The van der Waals surface area contributed by atoms with Crippen LogP contribution in [-0.2, 0) is 19.4 Å². The number of sulfone groups is 1. The molecule has 2 rings (SSSR count). The Balaban J connectivity index is 2.02. The zero-order chi connectivity index (χ0) is 19.6. The summed E-state index contributed by atoms with van der Waals surface area (Å²) >= 11 is 0. The van der Waals surface area contributed by atoms with E-state index in [0.29, 0.717) is 29.8 Å². The van der Waals surface area contributed by atoms with E-state index in [1.165, 1.54) is 4.90 Å². The average molecular weight is 386 g/mol. The van der Waals surface area contributed by atoms with Gasteiger partial charge in [-0.25, -0.2) is 13.2 Å². The van der Waals surface area contributed by atoms with Gasteiger partial charge in [0, 0.05) is 23.8 Å². The number of aliphatic hydroxyl groups is 1. The van der Waals surface area contributed by atoms with E-state index in [1.807, 2.05) is 0 Å². The molecule has 2 atom stereocenters. The molecule has 0 spiro atoms. The van der Waals surface area contributed by atoms with Gasteiger partial charge in [-0.3, -0.25) is 4.79 Å². The van der Waals surface area contributed by atoms with E-state index in [1.54, 1.807) is 27.7 Å². The molecule has 146 valence electrons. The van der Waals surface area contributed by atoms with Crippen molar-refractivity contribution in [3.8, 4) is 0 Å². The Hall–Kier alpha value is -1.87. The number of ether oxygens (including phenoxy) is 1. The van der Waals surface area contributed by atoms with E-state index in [9.17, 15) is 23.1 Å². The number of carbonyl (C=O) groups excluding carboxylic acids is 2. The maximum Gasteiger partial charge on any atom is 0.355 e. The third-order valence-corrected chi connectivity index (χ3v) is 6.50. The highest BCUT2D eigenvalue weighted by Crippen LogP contribution is 2.25. The molecule has 1 aromatic heterocycles. The van der Waals surface area contributed by atoms with Crippen LogP contribution in [-0.4, -0.2) is 66.0 Å². The van der Waals surface area contributed by atoms with Crippen molar-refractivity contribution in [2.24, 2.45) is 0 Å². The number of aromatic nitrogens is 1. The van der Waals surface area contributed by atoms with Crippen LogP contribution in [0.2, 0.25) is 0 Å². The number of rotatable bonds is 6. The first kappa shape index (κ1) is 20.4. The predicted octanol–water partition coefficient (Wildman–Crippen LogP) is 0.877. The van der Waals surface area contributed by atoms with Crippen molar-refractivity contribution in [2.45, 2.75) is 46.3 Å². The van der Waals surface area contributed by atoms with Crippen molar-refractivity contribution in [3.05, 3.63) is 22.5 Å². The summed E-state index contributed by atoms with van der Waals surface area (Å²) in [6.45, 7) is 6.71. The van der Waals surface area contributed by atoms with Crippen molar-refractivity contribution in [3.63, 3.8) is 0 Å². The number of hydrogen-bond donors (Lipinski definition) is 2. The number of hydrogen-bond acceptors (Lipinski definition) is 6. The van der Waals surface area contributed by atoms with Crippen LogP contribution in [0.15, 0.2) is 0 Å². The second-order valence-corrected chi connectivity index (χ2v) is 8.88. The molecule has 2 N–H and O–H groups in total. The summed E-state index contributed by atoms with van der Waals surface area (Å²) in [6.07, 6.45) is -0.322. The summed E-state index contributed by atoms with van der Waals surface area (Å²) in [7, 11) is -3.10. The maximum absolute atomic E-state index is 12.4. The molecule has 0 unspecified atom stereocenters. The molecule has 1 aliphatic rings. The van der Waals surface area contributed by atoms with Crippen molar-refractivity contribution < 1.29 is 27.9 Å². The summed E-state index contributed by atoms with van der Waals surface area (Å²) in [6, 6.07) is -0.368. The number of esters is 1. The standard InChI is InChI=1S/C17H26N2O6S/c1-5-19(13-6-7-26(23,24)9-13)14(21)8-25-17(22)16-10(2)15(12(4)20)11(3)18-16/h12-13,18,20H,5-9H2,1-4H3/t12-,13-/m0/s1. The van der Waals surface area contributed by atoms with Gasteiger partial charge in [0.25, 0.3) is 5.91 Å². The number of aryl methyl sites for hydroxylation is 1. The Morgan fingerprint density at radius 3 is 2.50 bits per heavy atom.